The Balaban J connectivity index is 1.63. The van der Waals surface area contributed by atoms with E-state index in [0.717, 1.165) is 22.6 Å². The zero-order valence-electron chi connectivity index (χ0n) is 12.8. The van der Waals surface area contributed by atoms with Gasteiger partial charge in [0.2, 0.25) is 6.79 Å². The normalized spacial score (nSPS) is 13.6. The molecule has 0 bridgehead atoms. The Kier molecular flexibility index (Phi) is 4.37. The number of ether oxygens (including phenoxy) is 3. The highest BCUT2D eigenvalue weighted by Crippen LogP contribution is 2.32. The summed E-state index contributed by atoms with van der Waals surface area (Å²) in [6.07, 6.45) is 0.562. The average Bonchev–Trinajstić information content (AvgIpc) is 3.02. The largest absolute Gasteiger partial charge is 0.489 e. The zero-order valence-corrected chi connectivity index (χ0v) is 12.8. The minimum Gasteiger partial charge on any atom is -0.489 e. The van der Waals surface area contributed by atoms with Crippen LogP contribution in [0.5, 0.6) is 17.2 Å². The van der Waals surface area contributed by atoms with Crippen LogP contribution in [-0.2, 0) is 11.4 Å². The van der Waals surface area contributed by atoms with Crippen LogP contribution in [0.15, 0.2) is 42.5 Å². The van der Waals surface area contributed by atoms with Gasteiger partial charge in [-0.2, -0.15) is 0 Å². The standard InChI is InChI=1S/C18H18O5/c1-2-15(18(19)20)13-4-6-14(7-5-13)21-10-12-3-8-16-17(9-12)23-11-22-16/h3-9,15H,2,10-11H2,1H3,(H,19,20). The Labute approximate surface area is 134 Å². The Hall–Kier alpha value is -2.69. The molecule has 1 N–H and O–H groups in total. The summed E-state index contributed by atoms with van der Waals surface area (Å²) in [4.78, 5) is 11.2. The van der Waals surface area contributed by atoms with Crippen LogP contribution in [0.4, 0.5) is 0 Å². The maximum absolute atomic E-state index is 11.2. The third-order valence-electron chi connectivity index (χ3n) is 3.83. The molecule has 0 spiro atoms. The number of hydrogen-bond acceptors (Lipinski definition) is 4. The molecule has 0 aliphatic carbocycles. The number of aliphatic carboxylic acids is 1. The lowest BCUT2D eigenvalue weighted by Crippen LogP contribution is -2.10. The van der Waals surface area contributed by atoms with Crippen molar-refractivity contribution in [3.8, 4) is 17.2 Å². The molecule has 120 valence electrons. The van der Waals surface area contributed by atoms with Gasteiger partial charge in [-0.1, -0.05) is 25.1 Å². The quantitative estimate of drug-likeness (QED) is 0.883. The summed E-state index contributed by atoms with van der Waals surface area (Å²) in [5.74, 6) is 0.900. The lowest BCUT2D eigenvalue weighted by Gasteiger charge is -2.11. The second-order valence-electron chi connectivity index (χ2n) is 5.34. The van der Waals surface area contributed by atoms with Crippen molar-refractivity contribution >= 4 is 5.97 Å². The Bertz CT molecular complexity index is 693. The molecule has 0 radical (unpaired) electrons. The average molecular weight is 314 g/mol. The van der Waals surface area contributed by atoms with Gasteiger partial charge in [0.15, 0.2) is 11.5 Å². The molecule has 23 heavy (non-hydrogen) atoms. The van der Waals surface area contributed by atoms with Crippen LogP contribution in [0.2, 0.25) is 0 Å². The lowest BCUT2D eigenvalue weighted by atomic mass is 9.97. The first-order valence-electron chi connectivity index (χ1n) is 7.51. The second kappa shape index (κ2) is 6.60. The predicted octanol–water partition coefficient (Wildman–Crippen LogP) is 3.57. The minimum absolute atomic E-state index is 0.253. The highest BCUT2D eigenvalue weighted by molar-refractivity contribution is 5.76. The monoisotopic (exact) mass is 314 g/mol. The van der Waals surface area contributed by atoms with Gasteiger partial charge in [-0.25, -0.2) is 0 Å². The molecule has 0 fully saturated rings. The third-order valence-corrected chi connectivity index (χ3v) is 3.83. The number of hydrogen-bond donors (Lipinski definition) is 1. The van der Waals surface area contributed by atoms with Gasteiger partial charge in [-0.15, -0.1) is 0 Å². The van der Waals surface area contributed by atoms with Crippen molar-refractivity contribution in [1.82, 2.24) is 0 Å². The van der Waals surface area contributed by atoms with Gasteiger partial charge in [0.25, 0.3) is 0 Å². The fraction of sp³-hybridized carbons (Fsp3) is 0.278. The molecule has 1 unspecified atom stereocenters. The highest BCUT2D eigenvalue weighted by atomic mass is 16.7. The van der Waals surface area contributed by atoms with Crippen LogP contribution < -0.4 is 14.2 Å². The highest BCUT2D eigenvalue weighted by Gasteiger charge is 2.17. The van der Waals surface area contributed by atoms with E-state index in [-0.39, 0.29) is 6.79 Å². The first kappa shape index (κ1) is 15.2. The van der Waals surface area contributed by atoms with Crippen LogP contribution >= 0.6 is 0 Å². The molecule has 1 aliphatic rings. The molecule has 5 nitrogen and oxygen atoms in total. The molecule has 1 aliphatic heterocycles. The molecular weight excluding hydrogens is 296 g/mol. The van der Waals surface area contributed by atoms with Crippen molar-refractivity contribution in [2.24, 2.45) is 0 Å². The second-order valence-corrected chi connectivity index (χ2v) is 5.34. The lowest BCUT2D eigenvalue weighted by molar-refractivity contribution is -0.138. The van der Waals surface area contributed by atoms with E-state index in [1.807, 2.05) is 25.1 Å². The number of fused-ring (bicyclic) bond motifs is 1. The van der Waals surface area contributed by atoms with Gasteiger partial charge < -0.3 is 19.3 Å². The van der Waals surface area contributed by atoms with Gasteiger partial charge in [0.1, 0.15) is 12.4 Å². The number of carboxylic acid groups (broad SMARTS) is 1. The first-order chi connectivity index (χ1) is 11.2. The maximum Gasteiger partial charge on any atom is 0.310 e. The molecule has 2 aromatic rings. The molecule has 0 amide bonds. The van der Waals surface area contributed by atoms with Crippen LogP contribution in [-0.4, -0.2) is 17.9 Å². The van der Waals surface area contributed by atoms with Crippen molar-refractivity contribution in [3.05, 3.63) is 53.6 Å². The van der Waals surface area contributed by atoms with E-state index < -0.39 is 11.9 Å². The third kappa shape index (κ3) is 3.39. The van der Waals surface area contributed by atoms with Crippen LogP contribution in [0, 0.1) is 0 Å². The van der Waals surface area contributed by atoms with E-state index in [4.69, 9.17) is 14.2 Å². The number of rotatable bonds is 6. The van der Waals surface area contributed by atoms with Crippen LogP contribution in [0.3, 0.4) is 0 Å². The van der Waals surface area contributed by atoms with Crippen LogP contribution in [0.1, 0.15) is 30.4 Å². The molecule has 2 aromatic carbocycles. The fourth-order valence-corrected chi connectivity index (χ4v) is 2.55. The van der Waals surface area contributed by atoms with Crippen LogP contribution in [0.25, 0.3) is 0 Å². The number of benzene rings is 2. The molecule has 0 saturated heterocycles. The molecule has 5 heteroatoms. The molecule has 0 aromatic heterocycles. The van der Waals surface area contributed by atoms with E-state index in [2.05, 4.69) is 0 Å². The van der Waals surface area contributed by atoms with Crippen molar-refractivity contribution in [3.63, 3.8) is 0 Å². The fourth-order valence-electron chi connectivity index (χ4n) is 2.55. The molecule has 1 heterocycles. The minimum atomic E-state index is -0.804. The molecular formula is C18H18O5. The summed E-state index contributed by atoms with van der Waals surface area (Å²) >= 11 is 0. The summed E-state index contributed by atoms with van der Waals surface area (Å²) in [6, 6.07) is 12.9. The van der Waals surface area contributed by atoms with Gasteiger partial charge in [-0.3, -0.25) is 4.79 Å². The van der Waals surface area contributed by atoms with Gasteiger partial charge in [0.05, 0.1) is 5.92 Å². The van der Waals surface area contributed by atoms with Gasteiger partial charge in [0, 0.05) is 0 Å². The topological polar surface area (TPSA) is 65.0 Å². The summed E-state index contributed by atoms with van der Waals surface area (Å²) < 4.78 is 16.3. The summed E-state index contributed by atoms with van der Waals surface area (Å²) in [6.45, 7) is 2.53. The van der Waals surface area contributed by atoms with Crippen molar-refractivity contribution in [2.75, 3.05) is 6.79 Å². The summed E-state index contributed by atoms with van der Waals surface area (Å²) in [5, 5.41) is 9.17. The van der Waals surface area contributed by atoms with E-state index in [0.29, 0.717) is 18.8 Å². The van der Waals surface area contributed by atoms with Crippen molar-refractivity contribution in [1.29, 1.82) is 0 Å². The van der Waals surface area contributed by atoms with E-state index in [1.165, 1.54) is 0 Å². The number of carbonyl (C=O) groups is 1. The van der Waals surface area contributed by atoms with Crippen molar-refractivity contribution in [2.45, 2.75) is 25.9 Å². The summed E-state index contributed by atoms with van der Waals surface area (Å²) in [7, 11) is 0. The molecule has 1 atom stereocenters. The van der Waals surface area contributed by atoms with E-state index in [9.17, 15) is 9.90 Å². The first-order valence-corrected chi connectivity index (χ1v) is 7.51. The molecule has 0 saturated carbocycles. The smallest absolute Gasteiger partial charge is 0.310 e. The zero-order chi connectivity index (χ0) is 16.2. The molecule has 3 rings (SSSR count). The van der Waals surface area contributed by atoms with E-state index in [1.54, 1.807) is 24.3 Å². The Morgan fingerprint density at radius 1 is 1.17 bits per heavy atom. The predicted molar refractivity (Wildman–Crippen MR) is 84.0 cm³/mol. The Morgan fingerprint density at radius 2 is 1.91 bits per heavy atom. The van der Waals surface area contributed by atoms with Crippen molar-refractivity contribution < 1.29 is 24.1 Å². The van der Waals surface area contributed by atoms with E-state index >= 15 is 0 Å². The van der Waals surface area contributed by atoms with Gasteiger partial charge >= 0.3 is 5.97 Å². The SMILES string of the molecule is CCC(C(=O)O)c1ccc(OCc2ccc3c(c2)OCO3)cc1. The van der Waals surface area contributed by atoms with Gasteiger partial charge in [-0.05, 0) is 41.8 Å². The summed E-state index contributed by atoms with van der Waals surface area (Å²) in [5.41, 5.74) is 1.77. The maximum atomic E-state index is 11.2. The Morgan fingerprint density at radius 3 is 2.61 bits per heavy atom. The number of carboxylic acids is 1.